The molecule has 0 bridgehead atoms. The first kappa shape index (κ1) is 10.5. The quantitative estimate of drug-likeness (QED) is 0.690. The molecular weight excluding hydrogens is 200 g/mol. The van der Waals surface area contributed by atoms with Gasteiger partial charge >= 0.3 is 0 Å². The Bertz CT molecular complexity index is 442. The zero-order chi connectivity index (χ0) is 11.5. The number of nitrogens with one attached hydrogen (secondary N) is 2. The highest BCUT2D eigenvalue weighted by atomic mass is 15.1. The van der Waals surface area contributed by atoms with Crippen molar-refractivity contribution < 1.29 is 0 Å². The van der Waals surface area contributed by atoms with E-state index in [0.717, 1.165) is 22.5 Å². The van der Waals surface area contributed by atoms with Crippen LogP contribution in [0.3, 0.4) is 0 Å². The van der Waals surface area contributed by atoms with E-state index >= 15 is 0 Å². The number of anilines is 2. The van der Waals surface area contributed by atoms with Gasteiger partial charge in [0.05, 0.1) is 23.6 Å². The van der Waals surface area contributed by atoms with E-state index in [-0.39, 0.29) is 6.04 Å². The molecule has 4 heteroatoms. The van der Waals surface area contributed by atoms with Gasteiger partial charge in [-0.1, -0.05) is 12.1 Å². The summed E-state index contributed by atoms with van der Waals surface area (Å²) in [5.74, 6) is 0. The smallest absolute Gasteiger partial charge is 0.0608 e. The molecule has 16 heavy (non-hydrogen) atoms. The molecule has 0 amide bonds. The van der Waals surface area contributed by atoms with Gasteiger partial charge in [0, 0.05) is 11.8 Å². The lowest BCUT2D eigenvalue weighted by Crippen LogP contribution is -2.08. The maximum atomic E-state index is 5.94. The Morgan fingerprint density at radius 1 is 1.44 bits per heavy atom. The number of nitrogens with zero attached hydrogens (tertiary/aromatic N) is 1. The Morgan fingerprint density at radius 2 is 2.25 bits per heavy atom. The minimum absolute atomic E-state index is 0.183. The molecule has 84 valence electrons. The van der Waals surface area contributed by atoms with Crippen LogP contribution in [0.15, 0.2) is 30.6 Å². The third-order valence-electron chi connectivity index (χ3n) is 2.69. The molecule has 1 atom stereocenters. The number of benzene rings is 1. The van der Waals surface area contributed by atoms with Gasteiger partial charge in [0.15, 0.2) is 0 Å². The van der Waals surface area contributed by atoms with E-state index in [1.807, 2.05) is 37.5 Å². The zero-order valence-electron chi connectivity index (χ0n) is 9.49. The molecule has 1 heterocycles. The number of para-hydroxylation sites is 1. The number of hydrogen-bond acceptors (Lipinski definition) is 3. The number of nitrogen functional groups attached to an aromatic ring is 1. The van der Waals surface area contributed by atoms with E-state index in [1.165, 1.54) is 0 Å². The first-order valence-corrected chi connectivity index (χ1v) is 5.29. The molecule has 1 aromatic carbocycles. The normalized spacial score (nSPS) is 12.4. The van der Waals surface area contributed by atoms with Gasteiger partial charge in [-0.25, -0.2) is 0 Å². The molecular formula is C12H16N4. The fraction of sp³-hybridized carbons (Fsp3) is 0.250. The average Bonchev–Trinajstić information content (AvgIpc) is 2.76. The van der Waals surface area contributed by atoms with Crippen LogP contribution in [0.25, 0.3) is 0 Å². The molecule has 0 aliphatic heterocycles. The number of rotatable bonds is 3. The summed E-state index contributed by atoms with van der Waals surface area (Å²) in [5.41, 5.74) is 9.97. The topological polar surface area (TPSA) is 66.7 Å². The van der Waals surface area contributed by atoms with Crippen LogP contribution in [0.5, 0.6) is 0 Å². The van der Waals surface area contributed by atoms with Crippen molar-refractivity contribution in [3.63, 3.8) is 0 Å². The van der Waals surface area contributed by atoms with Gasteiger partial charge in [0.1, 0.15) is 0 Å². The van der Waals surface area contributed by atoms with E-state index in [2.05, 4.69) is 22.4 Å². The zero-order valence-corrected chi connectivity index (χ0v) is 9.49. The monoisotopic (exact) mass is 216 g/mol. The van der Waals surface area contributed by atoms with Crippen molar-refractivity contribution in [2.24, 2.45) is 0 Å². The number of aromatic nitrogens is 2. The third kappa shape index (κ3) is 2.00. The minimum atomic E-state index is 0.183. The molecule has 0 spiro atoms. The van der Waals surface area contributed by atoms with Gasteiger partial charge in [0.2, 0.25) is 0 Å². The van der Waals surface area contributed by atoms with Gasteiger partial charge in [-0.15, -0.1) is 0 Å². The van der Waals surface area contributed by atoms with Crippen LogP contribution >= 0.6 is 0 Å². The van der Waals surface area contributed by atoms with Crippen LogP contribution in [-0.4, -0.2) is 10.2 Å². The summed E-state index contributed by atoms with van der Waals surface area (Å²) in [4.78, 5) is 0. The minimum Gasteiger partial charge on any atom is -0.397 e. The van der Waals surface area contributed by atoms with Crippen LogP contribution < -0.4 is 11.1 Å². The van der Waals surface area contributed by atoms with Crippen molar-refractivity contribution in [3.8, 4) is 0 Å². The number of hydrogen-bond donors (Lipinski definition) is 3. The number of aromatic amines is 1. The number of H-pyrrole nitrogens is 1. The SMILES string of the molecule is Cc1cccc(N)c1NC(C)c1cn[nH]c1. The summed E-state index contributed by atoms with van der Waals surface area (Å²) in [6, 6.07) is 6.08. The second-order valence-corrected chi connectivity index (χ2v) is 3.94. The first-order chi connectivity index (χ1) is 7.68. The highest BCUT2D eigenvalue weighted by Gasteiger charge is 2.09. The number of nitrogens with two attached hydrogens (primary N) is 1. The lowest BCUT2D eigenvalue weighted by Gasteiger charge is -2.17. The van der Waals surface area contributed by atoms with Crippen LogP contribution in [0.2, 0.25) is 0 Å². The van der Waals surface area contributed by atoms with E-state index in [1.54, 1.807) is 0 Å². The molecule has 4 nitrogen and oxygen atoms in total. The average molecular weight is 216 g/mol. The van der Waals surface area contributed by atoms with Gasteiger partial charge < -0.3 is 11.1 Å². The molecule has 4 N–H and O–H groups in total. The second-order valence-electron chi connectivity index (χ2n) is 3.94. The third-order valence-corrected chi connectivity index (χ3v) is 2.69. The Labute approximate surface area is 94.9 Å². The molecule has 0 aliphatic rings. The molecule has 0 saturated carbocycles. The van der Waals surface area contributed by atoms with Crippen LogP contribution in [0, 0.1) is 6.92 Å². The van der Waals surface area contributed by atoms with E-state index in [9.17, 15) is 0 Å². The highest BCUT2D eigenvalue weighted by Crippen LogP contribution is 2.26. The van der Waals surface area contributed by atoms with Crippen molar-refractivity contribution in [3.05, 3.63) is 41.7 Å². The lowest BCUT2D eigenvalue weighted by molar-refractivity contribution is 0.884. The van der Waals surface area contributed by atoms with Crippen LogP contribution in [0.1, 0.15) is 24.1 Å². The summed E-state index contributed by atoms with van der Waals surface area (Å²) in [6.07, 6.45) is 3.69. The Hall–Kier alpha value is -1.97. The predicted molar refractivity (Wildman–Crippen MR) is 66.2 cm³/mol. The van der Waals surface area contributed by atoms with Crippen molar-refractivity contribution in [2.45, 2.75) is 19.9 Å². The fourth-order valence-corrected chi connectivity index (χ4v) is 1.69. The first-order valence-electron chi connectivity index (χ1n) is 5.29. The largest absolute Gasteiger partial charge is 0.397 e. The van der Waals surface area contributed by atoms with Crippen molar-refractivity contribution in [1.82, 2.24) is 10.2 Å². The van der Waals surface area contributed by atoms with Gasteiger partial charge in [0.25, 0.3) is 0 Å². The standard InChI is InChI=1S/C12H16N4/c1-8-4-3-5-11(13)12(8)16-9(2)10-6-14-15-7-10/h3-7,9,16H,13H2,1-2H3,(H,14,15). The summed E-state index contributed by atoms with van der Waals surface area (Å²) in [6.45, 7) is 4.12. The second kappa shape index (κ2) is 4.26. The Morgan fingerprint density at radius 3 is 2.88 bits per heavy atom. The van der Waals surface area contributed by atoms with Crippen molar-refractivity contribution in [2.75, 3.05) is 11.1 Å². The highest BCUT2D eigenvalue weighted by molar-refractivity contribution is 5.70. The molecule has 1 unspecified atom stereocenters. The van der Waals surface area contributed by atoms with E-state index < -0.39 is 0 Å². The molecule has 2 rings (SSSR count). The fourth-order valence-electron chi connectivity index (χ4n) is 1.69. The van der Waals surface area contributed by atoms with Gasteiger partial charge in [-0.05, 0) is 25.5 Å². The number of aryl methyl sites for hydroxylation is 1. The Kier molecular flexibility index (Phi) is 2.81. The maximum Gasteiger partial charge on any atom is 0.0608 e. The summed E-state index contributed by atoms with van der Waals surface area (Å²) in [5, 5.41) is 10.1. The van der Waals surface area contributed by atoms with Crippen molar-refractivity contribution >= 4 is 11.4 Å². The predicted octanol–water partition coefficient (Wildman–Crippen LogP) is 2.47. The molecule has 0 saturated heterocycles. The molecule has 0 radical (unpaired) electrons. The van der Waals surface area contributed by atoms with Crippen LogP contribution in [-0.2, 0) is 0 Å². The molecule has 1 aromatic heterocycles. The molecule has 0 aliphatic carbocycles. The lowest BCUT2D eigenvalue weighted by atomic mass is 10.1. The van der Waals surface area contributed by atoms with Crippen molar-refractivity contribution in [1.29, 1.82) is 0 Å². The summed E-state index contributed by atoms with van der Waals surface area (Å²) >= 11 is 0. The Balaban J connectivity index is 2.21. The van der Waals surface area contributed by atoms with E-state index in [0.29, 0.717) is 0 Å². The summed E-state index contributed by atoms with van der Waals surface area (Å²) < 4.78 is 0. The molecule has 0 fully saturated rings. The molecule has 2 aromatic rings. The van der Waals surface area contributed by atoms with Gasteiger partial charge in [-0.2, -0.15) is 5.10 Å². The van der Waals surface area contributed by atoms with Gasteiger partial charge in [-0.3, -0.25) is 5.10 Å². The van der Waals surface area contributed by atoms with E-state index in [4.69, 9.17) is 5.73 Å². The maximum absolute atomic E-state index is 5.94. The van der Waals surface area contributed by atoms with Crippen LogP contribution in [0.4, 0.5) is 11.4 Å². The summed E-state index contributed by atoms with van der Waals surface area (Å²) in [7, 11) is 0.